The fraction of sp³-hybridized carbons (Fsp3) is 0.158. The van der Waals surface area contributed by atoms with E-state index in [1.165, 1.54) is 6.07 Å². The largest absolute Gasteiger partial charge is 0.324 e. The molecule has 0 fully saturated rings. The van der Waals surface area contributed by atoms with Gasteiger partial charge in [0.05, 0.1) is 28.5 Å². The molecular formula is C19H17BrN6O2. The van der Waals surface area contributed by atoms with Crippen LogP contribution in [0, 0.1) is 13.8 Å². The second kappa shape index (κ2) is 7.08. The summed E-state index contributed by atoms with van der Waals surface area (Å²) in [5.41, 5.74) is 4.01. The Kier molecular flexibility index (Phi) is 4.60. The third kappa shape index (κ3) is 3.36. The lowest BCUT2D eigenvalue weighted by Crippen LogP contribution is -2.19. The lowest BCUT2D eigenvalue weighted by Gasteiger charge is -2.13. The zero-order valence-corrected chi connectivity index (χ0v) is 16.8. The van der Waals surface area contributed by atoms with Crippen LogP contribution in [0.25, 0.3) is 11.3 Å². The summed E-state index contributed by atoms with van der Waals surface area (Å²) in [5.74, 6) is -0.180. The highest BCUT2D eigenvalue weighted by atomic mass is 79.9. The number of amides is 1. The molecule has 142 valence electrons. The van der Waals surface area contributed by atoms with Gasteiger partial charge < -0.3 is 5.32 Å². The number of aromatic amines is 1. The molecule has 2 N–H and O–H groups in total. The van der Waals surface area contributed by atoms with Crippen LogP contribution < -0.4 is 10.9 Å². The summed E-state index contributed by atoms with van der Waals surface area (Å²) in [6, 6.07) is 8.88. The van der Waals surface area contributed by atoms with Crippen LogP contribution in [-0.2, 0) is 11.2 Å². The summed E-state index contributed by atoms with van der Waals surface area (Å²) in [5, 5.41) is 9.93. The van der Waals surface area contributed by atoms with E-state index < -0.39 is 0 Å². The third-order valence-corrected chi connectivity index (χ3v) is 4.93. The molecule has 0 saturated heterocycles. The van der Waals surface area contributed by atoms with E-state index in [-0.39, 0.29) is 17.9 Å². The van der Waals surface area contributed by atoms with Crippen LogP contribution in [0.5, 0.6) is 0 Å². The summed E-state index contributed by atoms with van der Waals surface area (Å²) in [6.45, 7) is 3.69. The maximum atomic E-state index is 12.8. The Morgan fingerprint density at radius 3 is 2.82 bits per heavy atom. The summed E-state index contributed by atoms with van der Waals surface area (Å²) in [6.07, 6.45) is 3.64. The highest BCUT2D eigenvalue weighted by molar-refractivity contribution is 9.10. The van der Waals surface area contributed by atoms with Crippen LogP contribution in [-0.4, -0.2) is 30.3 Å². The number of carbonyl (C=O) groups is 1. The Bertz CT molecular complexity index is 1250. The smallest absolute Gasteiger partial charge is 0.266 e. The summed E-state index contributed by atoms with van der Waals surface area (Å²) in [4.78, 5) is 28.8. The minimum absolute atomic E-state index is 0.137. The van der Waals surface area contributed by atoms with Crippen LogP contribution in [0.1, 0.15) is 17.0 Å². The first kappa shape index (κ1) is 18.2. The molecule has 0 bridgehead atoms. The van der Waals surface area contributed by atoms with Crippen molar-refractivity contribution in [3.63, 3.8) is 0 Å². The average molecular weight is 441 g/mol. The van der Waals surface area contributed by atoms with Gasteiger partial charge in [-0.15, -0.1) is 0 Å². The number of nitrogens with one attached hydrogen (secondary N) is 2. The molecule has 0 unspecified atom stereocenters. The predicted molar refractivity (Wildman–Crippen MR) is 109 cm³/mol. The number of anilines is 1. The van der Waals surface area contributed by atoms with E-state index in [4.69, 9.17) is 0 Å². The van der Waals surface area contributed by atoms with Crippen molar-refractivity contribution in [2.24, 2.45) is 0 Å². The van der Waals surface area contributed by atoms with Crippen molar-refractivity contribution < 1.29 is 4.79 Å². The van der Waals surface area contributed by atoms with E-state index in [1.807, 2.05) is 44.3 Å². The van der Waals surface area contributed by atoms with Gasteiger partial charge in [0.1, 0.15) is 0 Å². The standard InChI is InChI=1S/C19H17BrN6O2/c1-11-14(12(2)26-17(22-11)8-19(28)24-26)7-18(27)23-15-5-3-4-6-16(15)25-10-13(20)9-21-25/h3-6,8-10H,7H2,1-2H3,(H,23,27)(H,24,28). The quantitative estimate of drug-likeness (QED) is 0.509. The summed E-state index contributed by atoms with van der Waals surface area (Å²) >= 11 is 3.38. The van der Waals surface area contributed by atoms with Crippen molar-refractivity contribution in [2.45, 2.75) is 20.3 Å². The number of nitrogens with zero attached hydrogens (tertiary/aromatic N) is 4. The van der Waals surface area contributed by atoms with Gasteiger partial charge in [-0.1, -0.05) is 12.1 Å². The van der Waals surface area contributed by atoms with Crippen LogP contribution in [0.4, 0.5) is 5.69 Å². The molecule has 0 saturated carbocycles. The molecule has 0 aliphatic heterocycles. The van der Waals surface area contributed by atoms with E-state index in [2.05, 4.69) is 36.4 Å². The molecule has 1 aromatic carbocycles. The van der Waals surface area contributed by atoms with Crippen molar-refractivity contribution in [3.8, 4) is 5.69 Å². The fourth-order valence-electron chi connectivity index (χ4n) is 3.18. The molecule has 28 heavy (non-hydrogen) atoms. The van der Waals surface area contributed by atoms with Gasteiger partial charge in [-0.05, 0) is 41.9 Å². The molecule has 4 rings (SSSR count). The Morgan fingerprint density at radius 1 is 1.29 bits per heavy atom. The maximum Gasteiger partial charge on any atom is 0.266 e. The molecule has 0 radical (unpaired) electrons. The van der Waals surface area contributed by atoms with Gasteiger partial charge in [0, 0.05) is 29.2 Å². The van der Waals surface area contributed by atoms with Gasteiger partial charge in [0.15, 0.2) is 5.65 Å². The number of carbonyl (C=O) groups excluding carboxylic acids is 1. The van der Waals surface area contributed by atoms with Gasteiger partial charge in [-0.25, -0.2) is 14.2 Å². The monoisotopic (exact) mass is 440 g/mol. The molecule has 8 nitrogen and oxygen atoms in total. The van der Waals surface area contributed by atoms with Crippen molar-refractivity contribution in [1.29, 1.82) is 0 Å². The number of fused-ring (bicyclic) bond motifs is 1. The highest BCUT2D eigenvalue weighted by Gasteiger charge is 2.15. The topological polar surface area (TPSA) is 97.1 Å². The summed E-state index contributed by atoms with van der Waals surface area (Å²) in [7, 11) is 0. The molecule has 3 aromatic heterocycles. The molecule has 4 aromatic rings. The lowest BCUT2D eigenvalue weighted by molar-refractivity contribution is -0.115. The Balaban J connectivity index is 1.63. The molecule has 0 spiro atoms. The molecule has 9 heteroatoms. The van der Waals surface area contributed by atoms with E-state index in [0.29, 0.717) is 11.3 Å². The predicted octanol–water partition coefficient (Wildman–Crippen LogP) is 2.77. The average Bonchev–Trinajstić information content (AvgIpc) is 3.24. The number of halogens is 1. The van der Waals surface area contributed by atoms with Crippen LogP contribution >= 0.6 is 15.9 Å². The molecule has 1 amide bonds. The van der Waals surface area contributed by atoms with Gasteiger partial charge in [0.25, 0.3) is 5.56 Å². The first-order valence-corrected chi connectivity index (χ1v) is 9.39. The van der Waals surface area contributed by atoms with Gasteiger partial charge in [-0.3, -0.25) is 14.7 Å². The van der Waals surface area contributed by atoms with E-state index in [1.54, 1.807) is 15.4 Å². The minimum Gasteiger partial charge on any atom is -0.324 e. The number of benzene rings is 1. The first-order chi connectivity index (χ1) is 13.4. The lowest BCUT2D eigenvalue weighted by atomic mass is 10.1. The second-order valence-electron chi connectivity index (χ2n) is 6.42. The molecule has 0 aliphatic rings. The number of rotatable bonds is 4. The normalized spacial score (nSPS) is 11.1. The maximum absolute atomic E-state index is 12.8. The first-order valence-electron chi connectivity index (χ1n) is 8.59. The minimum atomic E-state index is -0.226. The fourth-order valence-corrected chi connectivity index (χ4v) is 3.46. The van der Waals surface area contributed by atoms with E-state index in [0.717, 1.165) is 27.1 Å². The van der Waals surface area contributed by atoms with Crippen molar-refractivity contribution in [2.75, 3.05) is 5.32 Å². The van der Waals surface area contributed by atoms with Crippen molar-refractivity contribution >= 4 is 33.2 Å². The second-order valence-corrected chi connectivity index (χ2v) is 7.34. The van der Waals surface area contributed by atoms with Gasteiger partial charge in [-0.2, -0.15) is 5.10 Å². The van der Waals surface area contributed by atoms with Gasteiger partial charge >= 0.3 is 0 Å². The highest BCUT2D eigenvalue weighted by Crippen LogP contribution is 2.22. The molecule has 3 heterocycles. The number of hydrogen-bond acceptors (Lipinski definition) is 4. The Morgan fingerprint density at radius 2 is 2.07 bits per heavy atom. The van der Waals surface area contributed by atoms with E-state index in [9.17, 15) is 9.59 Å². The van der Waals surface area contributed by atoms with E-state index >= 15 is 0 Å². The molecule has 0 aliphatic carbocycles. The van der Waals surface area contributed by atoms with Crippen molar-refractivity contribution in [3.05, 3.63) is 74.5 Å². The van der Waals surface area contributed by atoms with Crippen molar-refractivity contribution in [1.82, 2.24) is 24.4 Å². The Hall–Kier alpha value is -3.20. The number of aromatic nitrogens is 5. The van der Waals surface area contributed by atoms with Gasteiger partial charge in [0.2, 0.25) is 5.91 Å². The number of H-pyrrole nitrogens is 1. The molecular weight excluding hydrogens is 424 g/mol. The SMILES string of the molecule is Cc1nc2cc(=O)[nH]n2c(C)c1CC(=O)Nc1ccccc1-n1cc(Br)cn1. The molecule has 0 atom stereocenters. The Labute approximate surface area is 168 Å². The summed E-state index contributed by atoms with van der Waals surface area (Å²) < 4.78 is 4.14. The number of para-hydroxylation sites is 2. The number of aryl methyl sites for hydroxylation is 2. The third-order valence-electron chi connectivity index (χ3n) is 4.52. The van der Waals surface area contributed by atoms with Crippen LogP contribution in [0.2, 0.25) is 0 Å². The zero-order valence-electron chi connectivity index (χ0n) is 15.2. The number of hydrogen-bond donors (Lipinski definition) is 2. The van der Waals surface area contributed by atoms with Crippen LogP contribution in [0.3, 0.4) is 0 Å². The van der Waals surface area contributed by atoms with Crippen LogP contribution in [0.15, 0.2) is 52.0 Å². The zero-order chi connectivity index (χ0) is 19.8.